The fraction of sp³-hybridized carbons (Fsp3) is 0.571. The molecule has 0 saturated carbocycles. The number of hydrogen-bond donors (Lipinski definition) is 1. The van der Waals surface area contributed by atoms with Crippen LogP contribution in [0.3, 0.4) is 0 Å². The van der Waals surface area contributed by atoms with Gasteiger partial charge in [-0.2, -0.15) is 0 Å². The van der Waals surface area contributed by atoms with E-state index in [0.717, 1.165) is 37.9 Å². The molecule has 21 heavy (non-hydrogen) atoms. The Hall–Kier alpha value is -1.76. The zero-order valence-corrected chi connectivity index (χ0v) is 12.9. The van der Waals surface area contributed by atoms with Crippen LogP contribution in [0.25, 0.3) is 0 Å². The molecule has 0 fully saturated rings. The lowest BCUT2D eigenvalue weighted by molar-refractivity contribution is -0.138. The van der Waals surface area contributed by atoms with Gasteiger partial charge in [0, 0.05) is 11.3 Å². The molecule has 114 valence electrons. The summed E-state index contributed by atoms with van der Waals surface area (Å²) < 4.78 is 1.70. The van der Waals surface area contributed by atoms with Crippen LogP contribution in [0.4, 0.5) is 0 Å². The van der Waals surface area contributed by atoms with Crippen molar-refractivity contribution in [2.45, 2.75) is 51.5 Å². The minimum Gasteiger partial charge on any atom is -0.481 e. The first-order valence-corrected chi connectivity index (χ1v) is 8.09. The van der Waals surface area contributed by atoms with E-state index in [9.17, 15) is 4.79 Å². The molecule has 1 N–H and O–H groups in total. The van der Waals surface area contributed by atoms with Crippen molar-refractivity contribution in [2.24, 2.45) is 0 Å². The van der Waals surface area contributed by atoms with Gasteiger partial charge in [-0.15, -0.1) is 16.4 Å². The fourth-order valence-electron chi connectivity index (χ4n) is 2.38. The highest BCUT2D eigenvalue weighted by molar-refractivity contribution is 7.09. The number of tetrazole rings is 1. The minimum absolute atomic E-state index is 0.0663. The minimum atomic E-state index is -0.812. The van der Waals surface area contributed by atoms with Crippen molar-refractivity contribution in [3.05, 3.63) is 28.2 Å². The highest BCUT2D eigenvalue weighted by Crippen LogP contribution is 2.19. The Morgan fingerprint density at radius 2 is 2.33 bits per heavy atom. The number of aryl methyl sites for hydroxylation is 2. The van der Waals surface area contributed by atoms with E-state index < -0.39 is 5.97 Å². The highest BCUT2D eigenvalue weighted by atomic mass is 32.1. The van der Waals surface area contributed by atoms with E-state index in [2.05, 4.69) is 27.0 Å². The van der Waals surface area contributed by atoms with Gasteiger partial charge in [0.25, 0.3) is 0 Å². The maximum atomic E-state index is 11.0. The molecule has 2 aromatic rings. The van der Waals surface area contributed by atoms with Gasteiger partial charge in [0.05, 0.1) is 12.5 Å². The fourth-order valence-corrected chi connectivity index (χ4v) is 3.13. The Labute approximate surface area is 127 Å². The predicted octanol–water partition coefficient (Wildman–Crippen LogP) is 2.73. The maximum Gasteiger partial charge on any atom is 0.305 e. The molecule has 0 amide bonds. The third-order valence-corrected chi connectivity index (χ3v) is 4.28. The molecular weight excluding hydrogens is 288 g/mol. The Balaban J connectivity index is 1.97. The predicted molar refractivity (Wildman–Crippen MR) is 80.4 cm³/mol. The van der Waals surface area contributed by atoms with E-state index in [1.54, 1.807) is 16.0 Å². The third-order valence-electron chi connectivity index (χ3n) is 3.34. The lowest BCUT2D eigenvalue weighted by Crippen LogP contribution is -2.18. The second-order valence-corrected chi connectivity index (χ2v) is 6.05. The van der Waals surface area contributed by atoms with Crippen LogP contribution in [-0.2, 0) is 17.6 Å². The molecule has 2 heterocycles. The van der Waals surface area contributed by atoms with Gasteiger partial charge in [0.2, 0.25) is 0 Å². The van der Waals surface area contributed by atoms with Crippen LogP contribution in [0.5, 0.6) is 0 Å². The normalized spacial score (nSPS) is 12.4. The largest absolute Gasteiger partial charge is 0.481 e. The van der Waals surface area contributed by atoms with Crippen molar-refractivity contribution < 1.29 is 9.90 Å². The Morgan fingerprint density at radius 1 is 1.48 bits per heavy atom. The first-order chi connectivity index (χ1) is 10.2. The molecule has 2 rings (SSSR count). The Kier molecular flexibility index (Phi) is 5.86. The average molecular weight is 308 g/mol. The van der Waals surface area contributed by atoms with E-state index in [1.807, 2.05) is 13.0 Å². The lowest BCUT2D eigenvalue weighted by Gasteiger charge is -2.15. The van der Waals surface area contributed by atoms with Crippen LogP contribution in [0.2, 0.25) is 0 Å². The van der Waals surface area contributed by atoms with Gasteiger partial charge in [0.1, 0.15) is 0 Å². The summed E-state index contributed by atoms with van der Waals surface area (Å²) in [5.74, 6) is -0.0280. The van der Waals surface area contributed by atoms with Gasteiger partial charge in [-0.3, -0.25) is 4.79 Å². The van der Waals surface area contributed by atoms with Crippen molar-refractivity contribution >= 4 is 17.3 Å². The van der Waals surface area contributed by atoms with E-state index >= 15 is 0 Å². The monoisotopic (exact) mass is 308 g/mol. The first kappa shape index (κ1) is 15.6. The molecule has 0 aromatic carbocycles. The summed E-state index contributed by atoms with van der Waals surface area (Å²) in [5, 5.41) is 22.9. The molecule has 0 radical (unpaired) electrons. The van der Waals surface area contributed by atoms with E-state index in [1.165, 1.54) is 4.88 Å². The second-order valence-electron chi connectivity index (χ2n) is 5.01. The number of carboxylic acids is 1. The molecule has 7 heteroatoms. The summed E-state index contributed by atoms with van der Waals surface area (Å²) in [4.78, 5) is 12.3. The van der Waals surface area contributed by atoms with Gasteiger partial charge in [-0.05, 0) is 41.1 Å². The Bertz CT molecular complexity index is 553. The zero-order chi connectivity index (χ0) is 15.1. The van der Waals surface area contributed by atoms with E-state index in [-0.39, 0.29) is 12.5 Å². The van der Waals surface area contributed by atoms with Gasteiger partial charge < -0.3 is 5.11 Å². The molecule has 0 spiro atoms. The summed E-state index contributed by atoms with van der Waals surface area (Å²) >= 11 is 1.75. The summed E-state index contributed by atoms with van der Waals surface area (Å²) in [6, 6.07) is 4.02. The van der Waals surface area contributed by atoms with E-state index in [0.29, 0.717) is 0 Å². The molecule has 0 bridgehead atoms. The van der Waals surface area contributed by atoms with Gasteiger partial charge >= 0.3 is 5.97 Å². The van der Waals surface area contributed by atoms with Crippen LogP contribution >= 0.6 is 11.3 Å². The van der Waals surface area contributed by atoms with Crippen molar-refractivity contribution in [1.82, 2.24) is 20.2 Å². The number of rotatable bonds is 9. The SMILES string of the molecule is CCCC(CC(=O)O)n1nnnc1CCCc1cccs1. The number of nitrogens with zero attached hydrogens (tertiary/aromatic N) is 4. The molecule has 0 aliphatic rings. The first-order valence-electron chi connectivity index (χ1n) is 7.21. The average Bonchev–Trinajstić information content (AvgIpc) is 3.09. The molecule has 6 nitrogen and oxygen atoms in total. The topological polar surface area (TPSA) is 80.9 Å². The summed E-state index contributed by atoms with van der Waals surface area (Å²) in [5.41, 5.74) is 0. The lowest BCUT2D eigenvalue weighted by atomic mass is 10.1. The zero-order valence-electron chi connectivity index (χ0n) is 12.1. The highest BCUT2D eigenvalue weighted by Gasteiger charge is 2.19. The van der Waals surface area contributed by atoms with Crippen molar-refractivity contribution in [3.63, 3.8) is 0 Å². The van der Waals surface area contributed by atoms with Gasteiger partial charge in [-0.1, -0.05) is 19.4 Å². The van der Waals surface area contributed by atoms with Crippen LogP contribution in [0.1, 0.15) is 49.4 Å². The summed E-state index contributed by atoms with van der Waals surface area (Å²) in [6.07, 6.45) is 4.48. The number of aliphatic carboxylic acids is 1. The van der Waals surface area contributed by atoms with Crippen LogP contribution in [-0.4, -0.2) is 31.3 Å². The quantitative estimate of drug-likeness (QED) is 0.770. The maximum absolute atomic E-state index is 11.0. The van der Waals surface area contributed by atoms with Gasteiger partial charge in [0.15, 0.2) is 5.82 Å². The van der Waals surface area contributed by atoms with Crippen LogP contribution in [0.15, 0.2) is 17.5 Å². The smallest absolute Gasteiger partial charge is 0.305 e. The van der Waals surface area contributed by atoms with Crippen molar-refractivity contribution in [1.29, 1.82) is 0 Å². The third kappa shape index (κ3) is 4.63. The number of hydrogen-bond acceptors (Lipinski definition) is 5. The second kappa shape index (κ2) is 7.87. The molecule has 0 aliphatic carbocycles. The molecule has 0 aliphatic heterocycles. The number of thiophene rings is 1. The molecule has 1 atom stereocenters. The van der Waals surface area contributed by atoms with Crippen LogP contribution in [0, 0.1) is 0 Å². The molecule has 2 aromatic heterocycles. The number of carbonyl (C=O) groups is 1. The number of carboxylic acid groups (broad SMARTS) is 1. The Morgan fingerprint density at radius 3 is 3.00 bits per heavy atom. The van der Waals surface area contributed by atoms with Crippen molar-refractivity contribution in [3.8, 4) is 0 Å². The molecule has 1 unspecified atom stereocenters. The summed E-state index contributed by atoms with van der Waals surface area (Å²) in [6.45, 7) is 2.04. The van der Waals surface area contributed by atoms with Crippen LogP contribution < -0.4 is 0 Å². The van der Waals surface area contributed by atoms with E-state index in [4.69, 9.17) is 5.11 Å². The van der Waals surface area contributed by atoms with Gasteiger partial charge in [-0.25, -0.2) is 4.68 Å². The summed E-state index contributed by atoms with van der Waals surface area (Å²) in [7, 11) is 0. The molecule has 0 saturated heterocycles. The standard InChI is InChI=1S/C14H20N4O2S/c1-2-5-11(10-14(19)20)18-13(15-16-17-18)8-3-6-12-7-4-9-21-12/h4,7,9,11H,2-3,5-6,8,10H2,1H3,(H,19,20). The number of aromatic nitrogens is 4. The molecular formula is C14H20N4O2S. The van der Waals surface area contributed by atoms with Crippen molar-refractivity contribution in [2.75, 3.05) is 0 Å².